The minimum atomic E-state index is 0.512. The maximum Gasteiger partial charge on any atom is 0.187 e. The normalized spacial score (nSPS) is 15.4. The Balaban J connectivity index is 1.64. The molecule has 0 amide bonds. The first-order valence-electron chi connectivity index (χ1n) is 7.26. The molecule has 116 valence electrons. The van der Waals surface area contributed by atoms with Crippen LogP contribution in [0.15, 0.2) is 29.4 Å². The van der Waals surface area contributed by atoms with E-state index in [0.717, 1.165) is 45.0 Å². The molecule has 1 aliphatic rings. The molecule has 1 aliphatic heterocycles. The Morgan fingerprint density at radius 2 is 2.09 bits per heavy atom. The third kappa shape index (κ3) is 5.77. The Hall–Kier alpha value is -2.01. The molecule has 22 heavy (non-hydrogen) atoms. The van der Waals surface area contributed by atoms with E-state index in [1.54, 1.807) is 18.3 Å². The molecule has 2 rings (SSSR count). The van der Waals surface area contributed by atoms with Crippen LogP contribution in [0, 0.1) is 11.3 Å². The quantitative estimate of drug-likeness (QED) is 0.379. The summed E-state index contributed by atoms with van der Waals surface area (Å²) in [6.45, 7) is 5.62. The number of hydrogen-bond acceptors (Lipinski definition) is 4. The lowest BCUT2D eigenvalue weighted by Crippen LogP contribution is -3.14. The van der Waals surface area contributed by atoms with Gasteiger partial charge in [0.05, 0.1) is 44.2 Å². The van der Waals surface area contributed by atoms with Crippen LogP contribution >= 0.6 is 12.2 Å². The highest BCUT2D eigenvalue weighted by Gasteiger charge is 2.12. The van der Waals surface area contributed by atoms with Gasteiger partial charge in [0.15, 0.2) is 5.11 Å². The van der Waals surface area contributed by atoms with Gasteiger partial charge in [0.2, 0.25) is 0 Å². The highest BCUT2D eigenvalue weighted by atomic mass is 32.1. The van der Waals surface area contributed by atoms with E-state index in [1.165, 1.54) is 4.90 Å². The molecule has 1 aromatic carbocycles. The Kier molecular flexibility index (Phi) is 6.77. The van der Waals surface area contributed by atoms with Crippen molar-refractivity contribution < 1.29 is 9.64 Å². The van der Waals surface area contributed by atoms with Crippen LogP contribution in [0.4, 0.5) is 0 Å². The van der Waals surface area contributed by atoms with E-state index < -0.39 is 0 Å². The second kappa shape index (κ2) is 9.10. The highest BCUT2D eigenvalue weighted by Crippen LogP contribution is 2.00. The van der Waals surface area contributed by atoms with E-state index in [4.69, 9.17) is 22.2 Å². The van der Waals surface area contributed by atoms with Crippen LogP contribution in [-0.4, -0.2) is 50.7 Å². The Morgan fingerprint density at radius 1 is 1.36 bits per heavy atom. The highest BCUT2D eigenvalue weighted by molar-refractivity contribution is 7.80. The smallest absolute Gasteiger partial charge is 0.187 e. The molecule has 1 saturated heterocycles. The zero-order valence-electron chi connectivity index (χ0n) is 12.3. The number of rotatable bonds is 5. The summed E-state index contributed by atoms with van der Waals surface area (Å²) in [5, 5.41) is 16.4. The average Bonchev–Trinajstić information content (AvgIpc) is 2.56. The molecule has 0 atom stereocenters. The van der Waals surface area contributed by atoms with Crippen LogP contribution in [0.5, 0.6) is 0 Å². The van der Waals surface area contributed by atoms with Crippen molar-refractivity contribution in [2.45, 2.75) is 0 Å². The SMILES string of the molecule is N#Cc1ccc(/C=N\NC(=S)NCC[NH+]2CCOCC2)cc1. The van der Waals surface area contributed by atoms with E-state index in [2.05, 4.69) is 21.9 Å². The van der Waals surface area contributed by atoms with E-state index in [-0.39, 0.29) is 0 Å². The Morgan fingerprint density at radius 3 is 2.77 bits per heavy atom. The minimum Gasteiger partial charge on any atom is -0.370 e. The summed E-state index contributed by atoms with van der Waals surface area (Å²) < 4.78 is 5.32. The molecule has 3 N–H and O–H groups in total. The third-order valence-corrected chi connectivity index (χ3v) is 3.62. The van der Waals surface area contributed by atoms with E-state index in [1.807, 2.05) is 12.1 Å². The predicted molar refractivity (Wildman–Crippen MR) is 88.9 cm³/mol. The topological polar surface area (TPSA) is 73.9 Å². The summed E-state index contributed by atoms with van der Waals surface area (Å²) >= 11 is 5.16. The van der Waals surface area contributed by atoms with Gasteiger partial charge in [0.1, 0.15) is 13.1 Å². The maximum atomic E-state index is 8.72. The number of nitriles is 1. The first kappa shape index (κ1) is 16.4. The number of quaternary nitrogens is 1. The van der Waals surface area contributed by atoms with Crippen molar-refractivity contribution in [1.29, 1.82) is 5.26 Å². The molecule has 1 heterocycles. The summed E-state index contributed by atoms with van der Waals surface area (Å²) in [6.07, 6.45) is 1.67. The summed E-state index contributed by atoms with van der Waals surface area (Å²) in [5.74, 6) is 0. The molecular formula is C15H20N5OS+. The average molecular weight is 318 g/mol. The van der Waals surface area contributed by atoms with Crippen LogP contribution in [0.2, 0.25) is 0 Å². The molecule has 0 bridgehead atoms. The molecule has 0 aromatic heterocycles. The summed E-state index contributed by atoms with van der Waals surface area (Å²) in [6, 6.07) is 9.25. The van der Waals surface area contributed by atoms with Crippen molar-refractivity contribution in [3.8, 4) is 6.07 Å². The number of nitrogens with zero attached hydrogens (tertiary/aromatic N) is 2. The van der Waals surface area contributed by atoms with Crippen molar-refractivity contribution in [1.82, 2.24) is 10.7 Å². The number of thiocarbonyl (C=S) groups is 1. The lowest BCUT2D eigenvalue weighted by molar-refractivity contribution is -0.906. The van der Waals surface area contributed by atoms with Crippen molar-refractivity contribution >= 4 is 23.5 Å². The molecule has 0 saturated carbocycles. The van der Waals surface area contributed by atoms with Crippen LogP contribution in [0.3, 0.4) is 0 Å². The van der Waals surface area contributed by atoms with Crippen molar-refractivity contribution in [2.75, 3.05) is 39.4 Å². The van der Waals surface area contributed by atoms with E-state index >= 15 is 0 Å². The van der Waals surface area contributed by atoms with Gasteiger partial charge in [-0.15, -0.1) is 0 Å². The molecule has 0 spiro atoms. The van der Waals surface area contributed by atoms with Crippen molar-refractivity contribution in [2.24, 2.45) is 5.10 Å². The van der Waals surface area contributed by atoms with Crippen LogP contribution < -0.4 is 15.6 Å². The molecule has 1 aromatic rings. The van der Waals surface area contributed by atoms with Gasteiger partial charge in [-0.05, 0) is 29.9 Å². The van der Waals surface area contributed by atoms with Gasteiger partial charge in [0, 0.05) is 0 Å². The fourth-order valence-corrected chi connectivity index (χ4v) is 2.27. The maximum absolute atomic E-state index is 8.72. The standard InChI is InChI=1S/C15H19N5OS/c16-11-13-1-3-14(4-2-13)12-18-19-15(22)17-5-6-20-7-9-21-10-8-20/h1-4,12H,5-10H2,(H2,17,19,22)/p+1/b18-12-. The van der Waals surface area contributed by atoms with Crippen molar-refractivity contribution in [3.63, 3.8) is 0 Å². The summed E-state index contributed by atoms with van der Waals surface area (Å²) in [5.41, 5.74) is 4.33. The molecule has 7 heteroatoms. The van der Waals surface area contributed by atoms with Crippen LogP contribution in [-0.2, 0) is 4.74 Å². The second-order valence-electron chi connectivity index (χ2n) is 4.97. The second-order valence-corrected chi connectivity index (χ2v) is 5.38. The molecule has 6 nitrogen and oxygen atoms in total. The van der Waals surface area contributed by atoms with Crippen LogP contribution in [0.1, 0.15) is 11.1 Å². The third-order valence-electron chi connectivity index (χ3n) is 3.38. The fourth-order valence-electron chi connectivity index (χ4n) is 2.11. The summed E-state index contributed by atoms with van der Waals surface area (Å²) in [4.78, 5) is 1.53. The largest absolute Gasteiger partial charge is 0.370 e. The van der Waals surface area contributed by atoms with E-state index in [0.29, 0.717) is 10.7 Å². The van der Waals surface area contributed by atoms with E-state index in [9.17, 15) is 0 Å². The molecule has 0 unspecified atom stereocenters. The zero-order chi connectivity index (χ0) is 15.6. The van der Waals surface area contributed by atoms with Gasteiger partial charge in [0.25, 0.3) is 0 Å². The fraction of sp³-hybridized carbons (Fsp3) is 0.400. The van der Waals surface area contributed by atoms with Crippen molar-refractivity contribution in [3.05, 3.63) is 35.4 Å². The van der Waals surface area contributed by atoms with Gasteiger partial charge in [-0.1, -0.05) is 12.1 Å². The molecule has 0 aliphatic carbocycles. The number of hydrazone groups is 1. The number of ether oxygens (including phenoxy) is 1. The number of nitrogens with one attached hydrogen (secondary N) is 3. The number of hydrogen-bond donors (Lipinski definition) is 3. The van der Waals surface area contributed by atoms with Crippen LogP contribution in [0.25, 0.3) is 0 Å². The zero-order valence-corrected chi connectivity index (χ0v) is 13.2. The predicted octanol–water partition coefficient (Wildman–Crippen LogP) is -0.729. The first-order valence-corrected chi connectivity index (χ1v) is 7.67. The lowest BCUT2D eigenvalue weighted by atomic mass is 10.2. The van der Waals surface area contributed by atoms with Gasteiger partial charge >= 0.3 is 0 Å². The van der Waals surface area contributed by atoms with Gasteiger partial charge in [-0.25, -0.2) is 0 Å². The van der Waals surface area contributed by atoms with Gasteiger partial charge < -0.3 is 15.0 Å². The summed E-state index contributed by atoms with van der Waals surface area (Å²) in [7, 11) is 0. The number of benzene rings is 1. The number of morpholine rings is 1. The lowest BCUT2D eigenvalue weighted by Gasteiger charge is -2.23. The Labute approximate surface area is 135 Å². The Bertz CT molecular complexity index is 546. The van der Waals surface area contributed by atoms with Gasteiger partial charge in [-0.3, -0.25) is 5.43 Å². The molecular weight excluding hydrogens is 298 g/mol. The molecule has 0 radical (unpaired) electrons. The minimum absolute atomic E-state index is 0.512. The monoisotopic (exact) mass is 318 g/mol. The molecule has 1 fully saturated rings. The van der Waals surface area contributed by atoms with Gasteiger partial charge in [-0.2, -0.15) is 10.4 Å². The first-order chi connectivity index (χ1) is 10.8.